The number of rotatable bonds is 8. The van der Waals surface area contributed by atoms with E-state index in [-0.39, 0.29) is 17.6 Å². The number of carboxylic acid groups (broad SMARTS) is 1. The average Bonchev–Trinajstić information content (AvgIpc) is 2.97. The van der Waals surface area contributed by atoms with Gasteiger partial charge in [0.2, 0.25) is 0 Å². The van der Waals surface area contributed by atoms with E-state index in [0.717, 1.165) is 38.6 Å². The van der Waals surface area contributed by atoms with Crippen LogP contribution in [0.15, 0.2) is 81.1 Å². The third kappa shape index (κ3) is 6.12. The lowest BCUT2D eigenvalue weighted by Gasteiger charge is -2.20. The Morgan fingerprint density at radius 2 is 1.85 bits per heavy atom. The van der Waals surface area contributed by atoms with Crippen molar-refractivity contribution in [2.45, 2.75) is 46.7 Å². The van der Waals surface area contributed by atoms with Crippen molar-refractivity contribution >= 4 is 34.4 Å². The van der Waals surface area contributed by atoms with Crippen LogP contribution in [0.3, 0.4) is 0 Å². The highest BCUT2D eigenvalue weighted by Crippen LogP contribution is 2.31. The third-order valence-electron chi connectivity index (χ3n) is 7.15. The molecule has 41 heavy (non-hydrogen) atoms. The minimum Gasteiger partial charge on any atom is -0.478 e. The zero-order valence-corrected chi connectivity index (χ0v) is 24.2. The molecule has 0 aliphatic carbocycles. The molecule has 0 bridgehead atoms. The van der Waals surface area contributed by atoms with Gasteiger partial charge in [-0.2, -0.15) is 5.26 Å². The Bertz CT molecular complexity index is 1790. The fourth-order valence-corrected chi connectivity index (χ4v) is 4.98. The molecule has 0 saturated carbocycles. The van der Waals surface area contributed by atoms with Crippen molar-refractivity contribution < 1.29 is 14.3 Å². The van der Waals surface area contributed by atoms with E-state index in [1.807, 2.05) is 65.0 Å². The van der Waals surface area contributed by atoms with Gasteiger partial charge in [0.25, 0.3) is 0 Å². The van der Waals surface area contributed by atoms with Crippen molar-refractivity contribution in [3.63, 3.8) is 0 Å². The number of hydrogen-bond acceptors (Lipinski definition) is 6. The molecule has 0 aliphatic rings. The number of carboxylic acids is 1. The summed E-state index contributed by atoms with van der Waals surface area (Å²) in [5, 5.41) is 24.0. The van der Waals surface area contributed by atoms with Crippen molar-refractivity contribution in [2.24, 2.45) is 9.98 Å². The Labute approximate surface area is 240 Å². The summed E-state index contributed by atoms with van der Waals surface area (Å²) >= 11 is 0. The van der Waals surface area contributed by atoms with E-state index in [4.69, 9.17) is 9.41 Å². The van der Waals surface area contributed by atoms with E-state index in [1.165, 1.54) is 0 Å². The van der Waals surface area contributed by atoms with Crippen LogP contribution in [0.5, 0.6) is 0 Å². The van der Waals surface area contributed by atoms with Crippen molar-refractivity contribution in [3.05, 3.63) is 111 Å². The molecule has 0 radical (unpaired) electrons. The van der Waals surface area contributed by atoms with E-state index in [2.05, 4.69) is 28.5 Å². The number of allylic oxidation sites excluding steroid dienone is 2. The highest BCUT2D eigenvalue weighted by molar-refractivity contribution is 6.09. The Hall–Kier alpha value is -4.96. The molecule has 7 heteroatoms. The standard InChI is InChI=1S/C34H34N4O3/c1-7-25(19-37-22(4)26-12-10-11-24(17-26)18-35)32-21(3)31(36-6)29-16-20(2)15-28(33(29)41-32)23(5)38-30-14-9-8-13-27(30)34(39)40/h7-17,19,22-23,38H,1-6H3,(H,39,40)/b25-7+,36-31?,37-19?. The molecule has 7 nitrogen and oxygen atoms in total. The van der Waals surface area contributed by atoms with Crippen LogP contribution in [0.4, 0.5) is 5.69 Å². The maximum Gasteiger partial charge on any atom is 0.337 e. The van der Waals surface area contributed by atoms with E-state index < -0.39 is 5.97 Å². The second-order valence-electron chi connectivity index (χ2n) is 10.0. The topological polar surface area (TPSA) is 111 Å². The van der Waals surface area contributed by atoms with E-state index in [9.17, 15) is 15.2 Å². The molecule has 1 aromatic heterocycles. The fraction of sp³-hybridized carbons (Fsp3) is 0.235. The van der Waals surface area contributed by atoms with Crippen LogP contribution < -0.4 is 10.7 Å². The third-order valence-corrected chi connectivity index (χ3v) is 7.15. The molecule has 4 rings (SSSR count). The van der Waals surface area contributed by atoms with Gasteiger partial charge in [-0.15, -0.1) is 0 Å². The van der Waals surface area contributed by atoms with Gasteiger partial charge in [-0.1, -0.05) is 36.4 Å². The first kappa shape index (κ1) is 29.0. The number of aliphatic imine (C=N–C) groups is 1. The van der Waals surface area contributed by atoms with E-state index in [0.29, 0.717) is 22.6 Å². The molecular formula is C34H34N4O3. The number of carbonyl (C=O) groups is 1. The number of anilines is 1. The molecular weight excluding hydrogens is 512 g/mol. The molecule has 0 saturated heterocycles. The molecule has 0 fully saturated rings. The molecule has 2 atom stereocenters. The lowest BCUT2D eigenvalue weighted by molar-refractivity contribution is 0.0698. The van der Waals surface area contributed by atoms with Gasteiger partial charge in [0, 0.05) is 41.0 Å². The number of nitrogens with zero attached hydrogens (tertiary/aromatic N) is 3. The Morgan fingerprint density at radius 3 is 2.54 bits per heavy atom. The Morgan fingerprint density at radius 1 is 1.10 bits per heavy atom. The van der Waals surface area contributed by atoms with Gasteiger partial charge in [0.15, 0.2) is 0 Å². The van der Waals surface area contributed by atoms with Crippen LogP contribution in [0.25, 0.3) is 16.5 Å². The predicted molar refractivity (Wildman–Crippen MR) is 164 cm³/mol. The van der Waals surface area contributed by atoms with Crippen LogP contribution in [-0.4, -0.2) is 24.3 Å². The summed E-state index contributed by atoms with van der Waals surface area (Å²) in [4.78, 5) is 21.2. The predicted octanol–water partition coefficient (Wildman–Crippen LogP) is 7.56. The maximum absolute atomic E-state index is 11.8. The van der Waals surface area contributed by atoms with Crippen LogP contribution in [0.1, 0.15) is 76.8 Å². The highest BCUT2D eigenvalue weighted by Gasteiger charge is 2.20. The summed E-state index contributed by atoms with van der Waals surface area (Å²) in [6.45, 7) is 9.93. The number of aromatic carboxylic acids is 1. The Balaban J connectivity index is 1.82. The van der Waals surface area contributed by atoms with Crippen molar-refractivity contribution in [1.29, 1.82) is 5.26 Å². The molecule has 0 spiro atoms. The number of hydrogen-bond donors (Lipinski definition) is 2. The van der Waals surface area contributed by atoms with Gasteiger partial charge in [-0.25, -0.2) is 4.79 Å². The average molecular weight is 547 g/mol. The van der Waals surface area contributed by atoms with Crippen molar-refractivity contribution in [2.75, 3.05) is 12.4 Å². The molecule has 2 N–H and O–H groups in total. The fourth-order valence-electron chi connectivity index (χ4n) is 4.98. The van der Waals surface area contributed by atoms with Gasteiger partial charge < -0.3 is 14.8 Å². The summed E-state index contributed by atoms with van der Waals surface area (Å²) in [6, 6.07) is 20.2. The monoisotopic (exact) mass is 546 g/mol. The maximum atomic E-state index is 11.8. The molecule has 3 aromatic carbocycles. The number of benzene rings is 3. The summed E-state index contributed by atoms with van der Waals surface area (Å²) in [5.41, 5.74) is 6.59. The second-order valence-corrected chi connectivity index (χ2v) is 10.0. The van der Waals surface area contributed by atoms with Crippen LogP contribution >= 0.6 is 0 Å². The minimum absolute atomic E-state index is 0.161. The van der Waals surface area contributed by atoms with E-state index >= 15 is 0 Å². The molecule has 208 valence electrons. The smallest absolute Gasteiger partial charge is 0.337 e. The van der Waals surface area contributed by atoms with Gasteiger partial charge in [-0.3, -0.25) is 9.98 Å². The lowest BCUT2D eigenvalue weighted by Crippen LogP contribution is -2.15. The first-order valence-corrected chi connectivity index (χ1v) is 13.5. The van der Waals surface area contributed by atoms with Crippen LogP contribution in [0.2, 0.25) is 0 Å². The number of nitriles is 1. The second kappa shape index (κ2) is 12.5. The summed E-state index contributed by atoms with van der Waals surface area (Å²) in [6.07, 6.45) is 3.76. The van der Waals surface area contributed by atoms with E-state index in [1.54, 1.807) is 37.5 Å². The summed E-state index contributed by atoms with van der Waals surface area (Å²) in [5.74, 6) is -0.333. The summed E-state index contributed by atoms with van der Waals surface area (Å²) < 4.78 is 6.67. The first-order valence-electron chi connectivity index (χ1n) is 13.5. The SMILES string of the molecule is C/C=C(\C=NC(C)c1cccc(C#N)c1)c1oc2c(C(C)Nc3ccccc3C(=O)O)cc(C)cc2c(=NC)c1C. The molecule has 4 aromatic rings. The van der Waals surface area contributed by atoms with Gasteiger partial charge >= 0.3 is 5.97 Å². The lowest BCUT2D eigenvalue weighted by atomic mass is 9.98. The zero-order valence-electron chi connectivity index (χ0n) is 24.2. The number of aryl methyl sites for hydroxylation is 1. The van der Waals surface area contributed by atoms with Crippen molar-refractivity contribution in [1.82, 2.24) is 0 Å². The number of fused-ring (bicyclic) bond motifs is 1. The molecule has 1 heterocycles. The number of nitrogens with one attached hydrogen (secondary N) is 1. The largest absolute Gasteiger partial charge is 0.478 e. The van der Waals surface area contributed by atoms with Crippen LogP contribution in [-0.2, 0) is 0 Å². The summed E-state index contributed by atoms with van der Waals surface area (Å²) in [7, 11) is 1.77. The zero-order chi connectivity index (χ0) is 29.7. The quantitative estimate of drug-likeness (QED) is 0.222. The van der Waals surface area contributed by atoms with Crippen molar-refractivity contribution in [3.8, 4) is 6.07 Å². The molecule has 2 unspecified atom stereocenters. The molecule has 0 aliphatic heterocycles. The normalized spacial score (nSPS) is 13.8. The molecule has 0 amide bonds. The highest BCUT2D eigenvalue weighted by atomic mass is 16.4. The van der Waals surface area contributed by atoms with Gasteiger partial charge in [0.05, 0.1) is 34.6 Å². The van der Waals surface area contributed by atoms with Gasteiger partial charge in [0.1, 0.15) is 11.3 Å². The Kier molecular flexibility index (Phi) is 8.84. The van der Waals surface area contributed by atoms with Gasteiger partial charge in [-0.05, 0) is 76.1 Å². The van der Waals surface area contributed by atoms with Crippen LogP contribution in [0, 0.1) is 25.2 Å². The minimum atomic E-state index is -0.991. The first-order chi connectivity index (χ1) is 19.7. The number of para-hydroxylation sites is 1.